The van der Waals surface area contributed by atoms with Crippen molar-refractivity contribution in [3.8, 4) is 0 Å². The lowest BCUT2D eigenvalue weighted by molar-refractivity contribution is 0.628. The summed E-state index contributed by atoms with van der Waals surface area (Å²) in [6.07, 6.45) is 1.53. The maximum Gasteiger partial charge on any atom is 0.143 e. The molecule has 0 aliphatic heterocycles. The highest BCUT2D eigenvalue weighted by atomic mass is 32.1. The van der Waals surface area contributed by atoms with Crippen molar-refractivity contribution in [2.75, 3.05) is 5.32 Å². The quantitative estimate of drug-likeness (QED) is 0.581. The van der Waals surface area contributed by atoms with Crippen LogP contribution in [-0.4, -0.2) is 9.97 Å². The van der Waals surface area contributed by atoms with Gasteiger partial charge in [-0.2, -0.15) is 0 Å². The molecule has 0 atom stereocenters. The number of hydrogen-bond donors (Lipinski definition) is 1. The molecule has 2 aromatic heterocycles. The van der Waals surface area contributed by atoms with Crippen molar-refractivity contribution >= 4 is 43.1 Å². The third-order valence-corrected chi connectivity index (χ3v) is 4.34. The molecule has 0 aliphatic carbocycles. The van der Waals surface area contributed by atoms with Crippen LogP contribution < -0.4 is 5.32 Å². The van der Waals surface area contributed by atoms with E-state index < -0.39 is 0 Å². The maximum absolute atomic E-state index is 13.3. The lowest BCUT2D eigenvalue weighted by atomic mass is 10.2. The number of rotatable bonds is 2. The van der Waals surface area contributed by atoms with Gasteiger partial charge >= 0.3 is 0 Å². The standard InChI is InChI=1S/C16H10FN3S/c17-10-4-3-5-11(8-10)20-15-14-12-6-1-2-7-13(12)21-16(14)19-9-18-15/h1-9H,(H,18,19,20). The number of aromatic nitrogens is 2. The number of benzene rings is 2. The molecule has 4 aromatic rings. The van der Waals surface area contributed by atoms with Crippen LogP contribution in [0.2, 0.25) is 0 Å². The molecule has 21 heavy (non-hydrogen) atoms. The normalized spacial score (nSPS) is 11.1. The Morgan fingerprint density at radius 1 is 1.00 bits per heavy atom. The van der Waals surface area contributed by atoms with Crippen molar-refractivity contribution < 1.29 is 4.39 Å². The summed E-state index contributed by atoms with van der Waals surface area (Å²) in [4.78, 5) is 9.57. The molecule has 2 heterocycles. The largest absolute Gasteiger partial charge is 0.339 e. The Hall–Kier alpha value is -2.53. The van der Waals surface area contributed by atoms with Gasteiger partial charge in [-0.25, -0.2) is 14.4 Å². The number of hydrogen-bond acceptors (Lipinski definition) is 4. The molecule has 0 saturated heterocycles. The first-order valence-corrected chi connectivity index (χ1v) is 7.28. The van der Waals surface area contributed by atoms with Crippen LogP contribution in [0.15, 0.2) is 54.9 Å². The van der Waals surface area contributed by atoms with E-state index in [2.05, 4.69) is 21.4 Å². The van der Waals surface area contributed by atoms with Crippen LogP contribution in [0.3, 0.4) is 0 Å². The molecule has 0 bridgehead atoms. The first-order chi connectivity index (χ1) is 10.3. The van der Waals surface area contributed by atoms with Gasteiger partial charge < -0.3 is 5.32 Å². The zero-order valence-electron chi connectivity index (χ0n) is 10.9. The molecule has 0 radical (unpaired) electrons. The van der Waals surface area contributed by atoms with Gasteiger partial charge in [0.05, 0.1) is 5.39 Å². The molecule has 2 aromatic carbocycles. The van der Waals surface area contributed by atoms with E-state index in [1.807, 2.05) is 24.3 Å². The van der Waals surface area contributed by atoms with E-state index in [1.54, 1.807) is 17.4 Å². The van der Waals surface area contributed by atoms with Gasteiger partial charge in [0.25, 0.3) is 0 Å². The molecule has 0 aliphatic rings. The Labute approximate surface area is 124 Å². The highest BCUT2D eigenvalue weighted by Gasteiger charge is 2.11. The van der Waals surface area contributed by atoms with Crippen LogP contribution in [-0.2, 0) is 0 Å². The summed E-state index contributed by atoms with van der Waals surface area (Å²) in [5.74, 6) is 0.420. The van der Waals surface area contributed by atoms with Gasteiger partial charge in [0, 0.05) is 15.8 Å². The molecule has 0 spiro atoms. The second kappa shape index (κ2) is 4.79. The average molecular weight is 295 g/mol. The minimum atomic E-state index is -0.277. The third-order valence-electron chi connectivity index (χ3n) is 3.26. The predicted octanol–water partition coefficient (Wildman–Crippen LogP) is 4.73. The van der Waals surface area contributed by atoms with Gasteiger partial charge in [0.15, 0.2) is 0 Å². The second-order valence-electron chi connectivity index (χ2n) is 4.64. The minimum absolute atomic E-state index is 0.277. The highest BCUT2D eigenvalue weighted by molar-refractivity contribution is 7.25. The Kier molecular flexibility index (Phi) is 2.79. The van der Waals surface area contributed by atoms with Crippen molar-refractivity contribution in [1.82, 2.24) is 9.97 Å². The van der Waals surface area contributed by atoms with Gasteiger partial charge in [-0.3, -0.25) is 0 Å². The Morgan fingerprint density at radius 2 is 1.90 bits per heavy atom. The molecule has 5 heteroatoms. The van der Waals surface area contributed by atoms with Crippen LogP contribution in [0.1, 0.15) is 0 Å². The molecule has 0 unspecified atom stereocenters. The smallest absolute Gasteiger partial charge is 0.143 e. The average Bonchev–Trinajstić information content (AvgIpc) is 2.87. The zero-order valence-corrected chi connectivity index (χ0v) is 11.7. The van der Waals surface area contributed by atoms with Crippen molar-refractivity contribution in [3.63, 3.8) is 0 Å². The number of nitrogens with one attached hydrogen (secondary N) is 1. The number of anilines is 2. The molecule has 0 amide bonds. The minimum Gasteiger partial charge on any atom is -0.339 e. The maximum atomic E-state index is 13.3. The number of nitrogens with zero attached hydrogens (tertiary/aromatic N) is 2. The Morgan fingerprint density at radius 3 is 2.81 bits per heavy atom. The number of thiophene rings is 1. The van der Waals surface area contributed by atoms with Crippen molar-refractivity contribution in [2.45, 2.75) is 0 Å². The van der Waals surface area contributed by atoms with Crippen LogP contribution in [0.25, 0.3) is 20.3 Å². The van der Waals surface area contributed by atoms with E-state index in [1.165, 1.54) is 18.5 Å². The topological polar surface area (TPSA) is 37.8 Å². The van der Waals surface area contributed by atoms with Crippen molar-refractivity contribution in [2.24, 2.45) is 0 Å². The summed E-state index contributed by atoms with van der Waals surface area (Å²) in [5.41, 5.74) is 0.672. The van der Waals surface area contributed by atoms with Crippen LogP contribution in [0, 0.1) is 5.82 Å². The second-order valence-corrected chi connectivity index (χ2v) is 5.67. The fraction of sp³-hybridized carbons (Fsp3) is 0. The summed E-state index contributed by atoms with van der Waals surface area (Å²) in [5, 5.41) is 5.26. The van der Waals surface area contributed by atoms with Gasteiger partial charge in [-0.05, 0) is 24.3 Å². The first kappa shape index (κ1) is 12.2. The summed E-state index contributed by atoms with van der Waals surface area (Å²) < 4.78 is 14.5. The molecule has 1 N–H and O–H groups in total. The van der Waals surface area contributed by atoms with E-state index in [0.29, 0.717) is 11.5 Å². The van der Waals surface area contributed by atoms with Crippen LogP contribution >= 0.6 is 11.3 Å². The van der Waals surface area contributed by atoms with Gasteiger partial charge in [0.1, 0.15) is 22.8 Å². The molecule has 3 nitrogen and oxygen atoms in total. The molecule has 4 rings (SSSR count). The third kappa shape index (κ3) is 2.11. The predicted molar refractivity (Wildman–Crippen MR) is 84.6 cm³/mol. The SMILES string of the molecule is Fc1cccc(Nc2ncnc3sc4ccccc4c23)c1. The van der Waals surface area contributed by atoms with Crippen molar-refractivity contribution in [1.29, 1.82) is 0 Å². The van der Waals surface area contributed by atoms with Gasteiger partial charge in [0.2, 0.25) is 0 Å². The van der Waals surface area contributed by atoms with Crippen LogP contribution in [0.5, 0.6) is 0 Å². The molecule has 102 valence electrons. The summed E-state index contributed by atoms with van der Waals surface area (Å²) in [6, 6.07) is 14.5. The van der Waals surface area contributed by atoms with Gasteiger partial charge in [-0.1, -0.05) is 24.3 Å². The lowest BCUT2D eigenvalue weighted by Gasteiger charge is -2.06. The van der Waals surface area contributed by atoms with E-state index in [4.69, 9.17) is 0 Å². The fourth-order valence-electron chi connectivity index (χ4n) is 2.35. The van der Waals surface area contributed by atoms with E-state index in [-0.39, 0.29) is 5.82 Å². The summed E-state index contributed by atoms with van der Waals surface area (Å²) in [7, 11) is 0. The Balaban J connectivity index is 1.92. The van der Waals surface area contributed by atoms with Gasteiger partial charge in [-0.15, -0.1) is 11.3 Å². The zero-order chi connectivity index (χ0) is 14.2. The van der Waals surface area contributed by atoms with Crippen molar-refractivity contribution in [3.05, 3.63) is 60.7 Å². The fourth-order valence-corrected chi connectivity index (χ4v) is 3.40. The van der Waals surface area contributed by atoms with E-state index in [9.17, 15) is 4.39 Å². The summed E-state index contributed by atoms with van der Waals surface area (Å²) >= 11 is 1.62. The number of fused-ring (bicyclic) bond motifs is 3. The highest BCUT2D eigenvalue weighted by Crippen LogP contribution is 2.36. The Bertz CT molecular complexity index is 948. The number of halogens is 1. The first-order valence-electron chi connectivity index (χ1n) is 6.46. The molecule has 0 saturated carbocycles. The summed E-state index contributed by atoms with van der Waals surface area (Å²) in [6.45, 7) is 0. The molecule has 0 fully saturated rings. The monoisotopic (exact) mass is 295 g/mol. The lowest BCUT2D eigenvalue weighted by Crippen LogP contribution is -1.95. The molecular weight excluding hydrogens is 285 g/mol. The molecular formula is C16H10FN3S. The van der Waals surface area contributed by atoms with E-state index in [0.717, 1.165) is 20.3 Å². The van der Waals surface area contributed by atoms with E-state index >= 15 is 0 Å². The van der Waals surface area contributed by atoms with Crippen LogP contribution in [0.4, 0.5) is 15.9 Å².